The smallest absolute Gasteiger partial charge is 0.225 e. The Labute approximate surface area is 164 Å². The van der Waals surface area contributed by atoms with Crippen LogP contribution in [0, 0.1) is 0 Å². The number of nitrogens with zero attached hydrogens (tertiary/aromatic N) is 5. The van der Waals surface area contributed by atoms with E-state index in [1.54, 1.807) is 0 Å². The van der Waals surface area contributed by atoms with E-state index < -0.39 is 0 Å². The van der Waals surface area contributed by atoms with Gasteiger partial charge in [-0.15, -0.1) is 0 Å². The van der Waals surface area contributed by atoms with Crippen molar-refractivity contribution in [3.63, 3.8) is 0 Å². The third kappa shape index (κ3) is 3.54. The SMILES string of the molecule is c1cnc2cc(N3CCOCC3)nc(OC3CCC(n4ccnc4)CC3)c2c1. The zero-order valence-corrected chi connectivity index (χ0v) is 15.9. The summed E-state index contributed by atoms with van der Waals surface area (Å²) in [6, 6.07) is 6.57. The molecule has 0 aromatic carbocycles. The van der Waals surface area contributed by atoms with Crippen LogP contribution < -0.4 is 9.64 Å². The van der Waals surface area contributed by atoms with Crippen LogP contribution in [0.5, 0.6) is 5.88 Å². The van der Waals surface area contributed by atoms with E-state index in [0.717, 1.165) is 68.7 Å². The van der Waals surface area contributed by atoms with Crippen LogP contribution in [-0.2, 0) is 4.74 Å². The first-order chi connectivity index (χ1) is 13.9. The number of pyridine rings is 2. The molecule has 1 aliphatic heterocycles. The van der Waals surface area contributed by atoms with E-state index in [2.05, 4.69) is 31.7 Å². The molecule has 7 nitrogen and oxygen atoms in total. The topological polar surface area (TPSA) is 65.3 Å². The van der Waals surface area contributed by atoms with E-state index in [-0.39, 0.29) is 6.10 Å². The molecule has 0 bridgehead atoms. The van der Waals surface area contributed by atoms with Crippen molar-refractivity contribution < 1.29 is 9.47 Å². The molecule has 5 rings (SSSR count). The van der Waals surface area contributed by atoms with Gasteiger partial charge < -0.3 is 18.9 Å². The summed E-state index contributed by atoms with van der Waals surface area (Å²) >= 11 is 0. The zero-order chi connectivity index (χ0) is 18.8. The lowest BCUT2D eigenvalue weighted by Crippen LogP contribution is -2.36. The monoisotopic (exact) mass is 379 g/mol. The Bertz CT molecular complexity index is 916. The van der Waals surface area contributed by atoms with Crippen LogP contribution in [0.25, 0.3) is 10.9 Å². The number of ether oxygens (including phenoxy) is 2. The molecule has 7 heteroatoms. The molecular weight excluding hydrogens is 354 g/mol. The van der Waals surface area contributed by atoms with Crippen LogP contribution in [0.1, 0.15) is 31.7 Å². The van der Waals surface area contributed by atoms with Crippen LogP contribution in [0.4, 0.5) is 5.82 Å². The molecule has 1 aliphatic carbocycles. The van der Waals surface area contributed by atoms with Gasteiger partial charge >= 0.3 is 0 Å². The molecule has 0 N–H and O–H groups in total. The van der Waals surface area contributed by atoms with Crippen molar-refractivity contribution in [3.05, 3.63) is 43.1 Å². The lowest BCUT2D eigenvalue weighted by Gasteiger charge is -2.31. The van der Waals surface area contributed by atoms with Crippen molar-refractivity contribution in [1.29, 1.82) is 0 Å². The maximum Gasteiger partial charge on any atom is 0.225 e. The number of rotatable bonds is 4. The Kier molecular flexibility index (Phi) is 4.83. The molecule has 146 valence electrons. The average molecular weight is 379 g/mol. The van der Waals surface area contributed by atoms with Crippen molar-refractivity contribution >= 4 is 16.7 Å². The maximum absolute atomic E-state index is 6.43. The van der Waals surface area contributed by atoms with Gasteiger partial charge in [-0.05, 0) is 37.8 Å². The normalized spacial score (nSPS) is 23.1. The molecule has 2 aliphatic rings. The Morgan fingerprint density at radius 1 is 1.07 bits per heavy atom. The first-order valence-electron chi connectivity index (χ1n) is 10.1. The summed E-state index contributed by atoms with van der Waals surface area (Å²) in [5, 5.41) is 0.983. The second-order valence-electron chi connectivity index (χ2n) is 7.51. The second kappa shape index (κ2) is 7.75. The second-order valence-corrected chi connectivity index (χ2v) is 7.51. The number of hydrogen-bond donors (Lipinski definition) is 0. The largest absolute Gasteiger partial charge is 0.474 e. The molecule has 0 unspecified atom stereocenters. The van der Waals surface area contributed by atoms with E-state index in [0.29, 0.717) is 11.9 Å². The molecule has 3 aromatic rings. The van der Waals surface area contributed by atoms with Gasteiger partial charge in [0.1, 0.15) is 11.9 Å². The van der Waals surface area contributed by atoms with Crippen molar-refractivity contribution in [2.24, 2.45) is 0 Å². The third-order valence-electron chi connectivity index (χ3n) is 5.75. The third-order valence-corrected chi connectivity index (χ3v) is 5.75. The summed E-state index contributed by atoms with van der Waals surface area (Å²) in [7, 11) is 0. The minimum Gasteiger partial charge on any atom is -0.474 e. The number of fused-ring (bicyclic) bond motifs is 1. The fraction of sp³-hybridized carbons (Fsp3) is 0.476. The predicted molar refractivity (Wildman–Crippen MR) is 107 cm³/mol. The molecule has 1 saturated carbocycles. The fourth-order valence-electron chi connectivity index (χ4n) is 4.18. The summed E-state index contributed by atoms with van der Waals surface area (Å²) in [6.45, 7) is 3.16. The average Bonchev–Trinajstić information content (AvgIpc) is 3.30. The van der Waals surface area contributed by atoms with Gasteiger partial charge in [-0.3, -0.25) is 4.98 Å². The van der Waals surface area contributed by atoms with E-state index in [4.69, 9.17) is 14.5 Å². The first-order valence-corrected chi connectivity index (χ1v) is 10.1. The number of morpholine rings is 1. The minimum atomic E-state index is 0.190. The van der Waals surface area contributed by atoms with Crippen molar-refractivity contribution in [2.45, 2.75) is 37.8 Å². The molecule has 0 spiro atoms. The molecule has 1 saturated heterocycles. The Morgan fingerprint density at radius 2 is 1.93 bits per heavy atom. The summed E-state index contributed by atoms with van der Waals surface area (Å²) in [5.74, 6) is 1.63. The summed E-state index contributed by atoms with van der Waals surface area (Å²) in [6.07, 6.45) is 12.1. The van der Waals surface area contributed by atoms with Gasteiger partial charge in [-0.1, -0.05) is 0 Å². The van der Waals surface area contributed by atoms with Crippen LogP contribution >= 0.6 is 0 Å². The van der Waals surface area contributed by atoms with E-state index >= 15 is 0 Å². The van der Waals surface area contributed by atoms with Crippen molar-refractivity contribution in [3.8, 4) is 5.88 Å². The van der Waals surface area contributed by atoms with Gasteiger partial charge in [0.15, 0.2) is 0 Å². The van der Waals surface area contributed by atoms with E-state index in [9.17, 15) is 0 Å². The van der Waals surface area contributed by atoms with Gasteiger partial charge in [-0.2, -0.15) is 4.98 Å². The highest BCUT2D eigenvalue weighted by Gasteiger charge is 2.25. The molecular formula is C21H25N5O2. The molecule has 0 amide bonds. The predicted octanol–water partition coefficient (Wildman–Crippen LogP) is 3.23. The minimum absolute atomic E-state index is 0.190. The van der Waals surface area contributed by atoms with E-state index in [1.165, 1.54) is 0 Å². The van der Waals surface area contributed by atoms with Crippen LogP contribution in [0.15, 0.2) is 43.1 Å². The summed E-state index contributed by atoms with van der Waals surface area (Å²) < 4.78 is 14.1. The maximum atomic E-state index is 6.43. The number of hydrogen-bond acceptors (Lipinski definition) is 6. The molecule has 0 atom stereocenters. The number of aromatic nitrogens is 4. The van der Waals surface area contributed by atoms with Crippen LogP contribution in [0.3, 0.4) is 0 Å². The van der Waals surface area contributed by atoms with E-state index in [1.807, 2.05) is 30.9 Å². The quantitative estimate of drug-likeness (QED) is 0.693. The van der Waals surface area contributed by atoms with Gasteiger partial charge in [0.25, 0.3) is 0 Å². The van der Waals surface area contributed by atoms with Gasteiger partial charge in [0.2, 0.25) is 5.88 Å². The standard InChI is InChI=1S/C21H25N5O2/c1-2-18-19(23-7-1)14-20(25-10-12-27-13-11-25)24-21(18)28-17-5-3-16(4-6-17)26-9-8-22-15-26/h1-2,7-9,14-17H,3-6,10-13H2. The molecule has 2 fully saturated rings. The van der Waals surface area contributed by atoms with Crippen LogP contribution in [0.2, 0.25) is 0 Å². The molecule has 3 aromatic heterocycles. The lowest BCUT2D eigenvalue weighted by molar-refractivity contribution is 0.121. The van der Waals surface area contributed by atoms with Crippen LogP contribution in [-0.4, -0.2) is 51.9 Å². The molecule has 28 heavy (non-hydrogen) atoms. The molecule has 0 radical (unpaired) electrons. The Balaban J connectivity index is 1.36. The Morgan fingerprint density at radius 3 is 2.71 bits per heavy atom. The highest BCUT2D eigenvalue weighted by Crippen LogP contribution is 2.33. The lowest BCUT2D eigenvalue weighted by atomic mass is 9.93. The van der Waals surface area contributed by atoms with Gasteiger partial charge in [0, 0.05) is 43.8 Å². The van der Waals surface area contributed by atoms with Gasteiger partial charge in [0.05, 0.1) is 30.4 Å². The highest BCUT2D eigenvalue weighted by atomic mass is 16.5. The first kappa shape index (κ1) is 17.4. The number of imidazole rings is 1. The highest BCUT2D eigenvalue weighted by molar-refractivity contribution is 5.85. The summed E-state index contributed by atoms with van der Waals surface area (Å²) in [4.78, 5) is 15.9. The van der Waals surface area contributed by atoms with Gasteiger partial charge in [-0.25, -0.2) is 4.98 Å². The zero-order valence-electron chi connectivity index (χ0n) is 15.9. The molecule has 4 heterocycles. The fourth-order valence-corrected chi connectivity index (χ4v) is 4.18. The van der Waals surface area contributed by atoms with Crippen molar-refractivity contribution in [2.75, 3.05) is 31.2 Å². The Hall–Kier alpha value is -2.67. The number of anilines is 1. The summed E-state index contributed by atoms with van der Waals surface area (Å²) in [5.41, 5.74) is 0.932. The van der Waals surface area contributed by atoms with Crippen molar-refractivity contribution in [1.82, 2.24) is 19.5 Å².